The number of hydrogen-bond acceptors (Lipinski definition) is 5. The van der Waals surface area contributed by atoms with E-state index in [4.69, 9.17) is 16.2 Å². The number of nitrogens with one attached hydrogen (secondary N) is 1. The summed E-state index contributed by atoms with van der Waals surface area (Å²) >= 11 is 0. The minimum absolute atomic E-state index is 0.290. The normalized spacial score (nSPS) is 12.1. The summed E-state index contributed by atoms with van der Waals surface area (Å²) in [5.41, 5.74) is 12.5. The molecule has 1 unspecified atom stereocenters. The highest BCUT2D eigenvalue weighted by Crippen LogP contribution is 2.19. The molecule has 1 aromatic rings. The maximum Gasteiger partial charge on any atom is 0.248 e. The zero-order valence-corrected chi connectivity index (χ0v) is 10.3. The lowest BCUT2D eigenvalue weighted by Crippen LogP contribution is -2.19. The van der Waals surface area contributed by atoms with Crippen molar-refractivity contribution in [1.29, 1.82) is 0 Å². The van der Waals surface area contributed by atoms with Crippen LogP contribution in [-0.4, -0.2) is 37.4 Å². The van der Waals surface area contributed by atoms with Crippen molar-refractivity contribution in [3.05, 3.63) is 23.8 Å². The highest BCUT2D eigenvalue weighted by Gasteiger charge is 2.06. The van der Waals surface area contributed by atoms with Gasteiger partial charge in [0.05, 0.1) is 24.1 Å². The Morgan fingerprint density at radius 3 is 2.89 bits per heavy atom. The smallest absolute Gasteiger partial charge is 0.248 e. The molecular weight excluding hydrogens is 234 g/mol. The summed E-state index contributed by atoms with van der Waals surface area (Å²) < 4.78 is 4.82. The number of anilines is 2. The summed E-state index contributed by atoms with van der Waals surface area (Å²) in [5.74, 6) is -0.502. The fourth-order valence-corrected chi connectivity index (χ4v) is 1.51. The average Bonchev–Trinajstić information content (AvgIpc) is 2.31. The van der Waals surface area contributed by atoms with E-state index in [1.54, 1.807) is 18.2 Å². The molecule has 0 heterocycles. The van der Waals surface area contributed by atoms with Gasteiger partial charge in [0.15, 0.2) is 0 Å². The van der Waals surface area contributed by atoms with Gasteiger partial charge in [-0.15, -0.1) is 0 Å². The molecule has 0 aromatic heterocycles. The number of nitrogens with two attached hydrogens (primary N) is 2. The first-order valence-corrected chi connectivity index (χ1v) is 5.64. The van der Waals surface area contributed by atoms with Crippen LogP contribution in [0.4, 0.5) is 11.4 Å². The Bertz CT molecular complexity index is 410. The number of nitrogen functional groups attached to an aromatic ring is 1. The minimum atomic E-state index is -0.525. The Kier molecular flexibility index (Phi) is 5.41. The van der Waals surface area contributed by atoms with Crippen molar-refractivity contribution in [2.24, 2.45) is 5.73 Å². The van der Waals surface area contributed by atoms with Crippen LogP contribution in [0, 0.1) is 0 Å². The third-order valence-electron chi connectivity index (χ3n) is 2.49. The molecule has 0 fully saturated rings. The maximum atomic E-state index is 11.0. The van der Waals surface area contributed by atoms with Crippen LogP contribution in [0.25, 0.3) is 0 Å². The van der Waals surface area contributed by atoms with Crippen LogP contribution in [0.15, 0.2) is 18.2 Å². The van der Waals surface area contributed by atoms with Crippen LogP contribution in [-0.2, 0) is 4.74 Å². The van der Waals surface area contributed by atoms with E-state index in [0.717, 1.165) is 0 Å². The first-order valence-electron chi connectivity index (χ1n) is 5.64. The van der Waals surface area contributed by atoms with E-state index in [-0.39, 0.29) is 0 Å². The number of amides is 1. The first-order chi connectivity index (χ1) is 8.54. The van der Waals surface area contributed by atoms with Gasteiger partial charge in [0.1, 0.15) is 0 Å². The Morgan fingerprint density at radius 1 is 1.56 bits per heavy atom. The molecule has 18 heavy (non-hydrogen) atoms. The second-order valence-electron chi connectivity index (χ2n) is 3.99. The van der Waals surface area contributed by atoms with Crippen LogP contribution < -0.4 is 16.8 Å². The van der Waals surface area contributed by atoms with Gasteiger partial charge < -0.3 is 26.6 Å². The second-order valence-corrected chi connectivity index (χ2v) is 3.99. The summed E-state index contributed by atoms with van der Waals surface area (Å²) in [6, 6.07) is 4.79. The van der Waals surface area contributed by atoms with Crippen molar-refractivity contribution in [1.82, 2.24) is 0 Å². The van der Waals surface area contributed by atoms with Crippen molar-refractivity contribution in [3.8, 4) is 0 Å². The van der Waals surface area contributed by atoms with Gasteiger partial charge in [-0.3, -0.25) is 4.79 Å². The van der Waals surface area contributed by atoms with E-state index >= 15 is 0 Å². The summed E-state index contributed by atoms with van der Waals surface area (Å²) in [4.78, 5) is 11.0. The molecule has 0 spiro atoms. The third kappa shape index (κ3) is 4.23. The lowest BCUT2D eigenvalue weighted by molar-refractivity contribution is 0.0615. The lowest BCUT2D eigenvalue weighted by Gasteiger charge is -2.13. The molecule has 1 rings (SSSR count). The molecule has 6 heteroatoms. The number of ether oxygens (including phenoxy) is 1. The molecule has 1 aromatic carbocycles. The fourth-order valence-electron chi connectivity index (χ4n) is 1.51. The number of rotatable bonds is 7. The Labute approximate surface area is 106 Å². The number of methoxy groups -OCH3 is 1. The number of benzene rings is 1. The molecule has 0 saturated carbocycles. The summed E-state index contributed by atoms with van der Waals surface area (Å²) in [5, 5.41) is 12.5. The number of hydrogen-bond donors (Lipinski definition) is 4. The van der Waals surface area contributed by atoms with Crippen molar-refractivity contribution in [3.63, 3.8) is 0 Å². The standard InChI is InChI=1S/C12H19N3O3/c1-18-7-9(16)4-5-15-11-6-8(12(14)17)2-3-10(11)13/h2-3,6,9,15-16H,4-5,7,13H2,1H3,(H2,14,17). The molecule has 0 bridgehead atoms. The summed E-state index contributed by atoms with van der Waals surface area (Å²) in [7, 11) is 1.53. The number of primary amides is 1. The monoisotopic (exact) mass is 253 g/mol. The van der Waals surface area contributed by atoms with E-state index in [1.807, 2.05) is 0 Å². The van der Waals surface area contributed by atoms with Gasteiger partial charge in [0.2, 0.25) is 5.91 Å². The molecule has 0 aliphatic heterocycles. The SMILES string of the molecule is COCC(O)CCNc1cc(C(N)=O)ccc1N. The van der Waals surface area contributed by atoms with Crippen LogP contribution in [0.1, 0.15) is 16.8 Å². The number of carbonyl (C=O) groups excluding carboxylic acids is 1. The Balaban J connectivity index is 2.56. The molecular formula is C12H19N3O3. The summed E-state index contributed by atoms with van der Waals surface area (Å²) in [6.45, 7) is 0.815. The van der Waals surface area contributed by atoms with E-state index < -0.39 is 12.0 Å². The number of carbonyl (C=O) groups is 1. The van der Waals surface area contributed by atoms with E-state index in [2.05, 4.69) is 5.32 Å². The molecule has 100 valence electrons. The van der Waals surface area contributed by atoms with E-state index in [0.29, 0.717) is 36.5 Å². The van der Waals surface area contributed by atoms with E-state index in [1.165, 1.54) is 7.11 Å². The van der Waals surface area contributed by atoms with Gasteiger partial charge in [-0.1, -0.05) is 0 Å². The molecule has 0 aliphatic rings. The largest absolute Gasteiger partial charge is 0.397 e. The first kappa shape index (κ1) is 14.3. The van der Waals surface area contributed by atoms with Crippen molar-refractivity contribution in [2.75, 3.05) is 31.3 Å². The predicted octanol–water partition coefficient (Wildman–Crippen LogP) is 0.177. The van der Waals surface area contributed by atoms with Crippen molar-refractivity contribution >= 4 is 17.3 Å². The van der Waals surface area contributed by atoms with E-state index in [9.17, 15) is 9.90 Å². The van der Waals surface area contributed by atoms with Crippen LogP contribution in [0.3, 0.4) is 0 Å². The third-order valence-corrected chi connectivity index (χ3v) is 2.49. The molecule has 0 aliphatic carbocycles. The van der Waals surface area contributed by atoms with Gasteiger partial charge in [-0.05, 0) is 24.6 Å². The van der Waals surface area contributed by atoms with Crippen LogP contribution >= 0.6 is 0 Å². The lowest BCUT2D eigenvalue weighted by atomic mass is 10.1. The molecule has 0 saturated heterocycles. The zero-order valence-electron chi connectivity index (χ0n) is 10.3. The van der Waals surface area contributed by atoms with Crippen LogP contribution in [0.5, 0.6) is 0 Å². The summed E-state index contributed by atoms with van der Waals surface area (Å²) in [6.07, 6.45) is -0.00305. The van der Waals surface area contributed by atoms with Gasteiger partial charge in [0.25, 0.3) is 0 Å². The van der Waals surface area contributed by atoms with Gasteiger partial charge >= 0.3 is 0 Å². The maximum absolute atomic E-state index is 11.0. The fraction of sp³-hybridized carbons (Fsp3) is 0.417. The highest BCUT2D eigenvalue weighted by molar-refractivity contribution is 5.94. The molecule has 1 amide bonds. The average molecular weight is 253 g/mol. The molecule has 6 N–H and O–H groups in total. The van der Waals surface area contributed by atoms with Crippen molar-refractivity contribution in [2.45, 2.75) is 12.5 Å². The minimum Gasteiger partial charge on any atom is -0.397 e. The predicted molar refractivity (Wildman–Crippen MR) is 70.4 cm³/mol. The Hall–Kier alpha value is -1.79. The molecule has 6 nitrogen and oxygen atoms in total. The quantitative estimate of drug-likeness (QED) is 0.518. The van der Waals surface area contributed by atoms with Gasteiger partial charge in [-0.25, -0.2) is 0 Å². The highest BCUT2D eigenvalue weighted by atomic mass is 16.5. The number of aliphatic hydroxyl groups is 1. The van der Waals surface area contributed by atoms with Crippen LogP contribution in [0.2, 0.25) is 0 Å². The second kappa shape index (κ2) is 6.83. The molecule has 0 radical (unpaired) electrons. The van der Waals surface area contributed by atoms with Crippen molar-refractivity contribution < 1.29 is 14.6 Å². The topological polar surface area (TPSA) is 111 Å². The molecule has 1 atom stereocenters. The van der Waals surface area contributed by atoms with Gasteiger partial charge in [-0.2, -0.15) is 0 Å². The van der Waals surface area contributed by atoms with Gasteiger partial charge in [0, 0.05) is 19.2 Å². The zero-order chi connectivity index (χ0) is 13.5. The Morgan fingerprint density at radius 2 is 2.28 bits per heavy atom. The number of aliphatic hydroxyl groups excluding tert-OH is 1.